The Morgan fingerprint density at radius 1 is 1.35 bits per heavy atom. The van der Waals surface area contributed by atoms with E-state index < -0.39 is 5.97 Å². The molecule has 0 atom stereocenters. The van der Waals surface area contributed by atoms with Crippen LogP contribution < -0.4 is 4.74 Å². The molecule has 86 valence electrons. The Morgan fingerprint density at radius 3 is 2.88 bits per heavy atom. The van der Waals surface area contributed by atoms with E-state index in [1.165, 1.54) is 6.07 Å². The van der Waals surface area contributed by atoms with Crippen LogP contribution in [0.4, 0.5) is 0 Å². The molecule has 17 heavy (non-hydrogen) atoms. The summed E-state index contributed by atoms with van der Waals surface area (Å²) in [5, 5.41) is 9.71. The van der Waals surface area contributed by atoms with Crippen LogP contribution >= 0.6 is 0 Å². The minimum atomic E-state index is -1.00. The first-order chi connectivity index (χ1) is 8.19. The van der Waals surface area contributed by atoms with Gasteiger partial charge >= 0.3 is 5.97 Å². The highest BCUT2D eigenvalue weighted by Crippen LogP contribution is 2.31. The van der Waals surface area contributed by atoms with Crippen molar-refractivity contribution in [2.75, 3.05) is 7.11 Å². The van der Waals surface area contributed by atoms with Gasteiger partial charge in [-0.25, -0.2) is 4.79 Å². The van der Waals surface area contributed by atoms with Crippen molar-refractivity contribution in [3.63, 3.8) is 0 Å². The van der Waals surface area contributed by atoms with Crippen LogP contribution in [0.1, 0.15) is 10.5 Å². The topological polar surface area (TPSA) is 75.5 Å². The maximum Gasteiger partial charge on any atom is 0.352 e. The Kier molecular flexibility index (Phi) is 1.89. The van der Waals surface area contributed by atoms with Crippen molar-refractivity contribution >= 4 is 28.0 Å². The van der Waals surface area contributed by atoms with E-state index in [0.717, 1.165) is 5.39 Å². The number of methoxy groups -OCH3 is 1. The summed E-state index contributed by atoms with van der Waals surface area (Å²) in [4.78, 5) is 13.6. The van der Waals surface area contributed by atoms with E-state index in [1.807, 2.05) is 6.07 Å². The average Bonchev–Trinajstić information content (AvgIpc) is 2.84. The van der Waals surface area contributed by atoms with E-state index in [1.54, 1.807) is 19.2 Å². The van der Waals surface area contributed by atoms with Crippen LogP contribution in [-0.2, 0) is 0 Å². The van der Waals surface area contributed by atoms with E-state index >= 15 is 0 Å². The third-order valence-corrected chi connectivity index (χ3v) is 2.69. The molecule has 0 spiro atoms. The van der Waals surface area contributed by atoms with Gasteiger partial charge in [-0.1, -0.05) is 0 Å². The number of nitrogens with one attached hydrogen (secondary N) is 1. The number of H-pyrrole nitrogens is 1. The fourth-order valence-corrected chi connectivity index (χ4v) is 1.87. The Labute approximate surface area is 95.6 Å². The maximum absolute atomic E-state index is 10.8. The number of carboxylic acid groups (broad SMARTS) is 1. The molecule has 3 rings (SSSR count). The molecule has 0 amide bonds. The first kappa shape index (κ1) is 9.77. The summed E-state index contributed by atoms with van der Waals surface area (Å²) in [5.41, 5.74) is 2.02. The first-order valence-electron chi connectivity index (χ1n) is 5.01. The van der Waals surface area contributed by atoms with Gasteiger partial charge in [-0.2, -0.15) is 0 Å². The summed E-state index contributed by atoms with van der Waals surface area (Å²) >= 11 is 0. The molecule has 5 heteroatoms. The van der Waals surface area contributed by atoms with Gasteiger partial charge < -0.3 is 19.2 Å². The number of aromatic nitrogens is 1. The zero-order valence-corrected chi connectivity index (χ0v) is 8.98. The molecule has 0 saturated heterocycles. The van der Waals surface area contributed by atoms with Crippen LogP contribution in [0.5, 0.6) is 5.75 Å². The summed E-state index contributed by atoms with van der Waals surface area (Å²) < 4.78 is 10.6. The highest BCUT2D eigenvalue weighted by Gasteiger charge is 2.14. The Hall–Kier alpha value is -2.43. The van der Waals surface area contributed by atoms with E-state index in [-0.39, 0.29) is 5.69 Å². The number of furan rings is 1. The van der Waals surface area contributed by atoms with E-state index in [9.17, 15) is 4.79 Å². The molecule has 5 nitrogen and oxygen atoms in total. The molecule has 0 aliphatic heterocycles. The smallest absolute Gasteiger partial charge is 0.352 e. The summed E-state index contributed by atoms with van der Waals surface area (Å²) in [6.45, 7) is 0. The van der Waals surface area contributed by atoms with Gasteiger partial charge in [0.25, 0.3) is 0 Å². The van der Waals surface area contributed by atoms with Crippen LogP contribution in [-0.4, -0.2) is 23.2 Å². The lowest BCUT2D eigenvalue weighted by Gasteiger charge is -1.97. The second kappa shape index (κ2) is 3.28. The molecule has 0 aliphatic carbocycles. The molecule has 2 aromatic heterocycles. The van der Waals surface area contributed by atoms with Gasteiger partial charge in [0.15, 0.2) is 5.58 Å². The molecule has 0 fully saturated rings. The maximum atomic E-state index is 10.8. The van der Waals surface area contributed by atoms with Crippen LogP contribution in [0, 0.1) is 0 Å². The third-order valence-electron chi connectivity index (χ3n) is 2.69. The third kappa shape index (κ3) is 1.36. The van der Waals surface area contributed by atoms with Crippen molar-refractivity contribution in [3.05, 3.63) is 30.0 Å². The van der Waals surface area contributed by atoms with Gasteiger partial charge in [0.05, 0.1) is 12.6 Å². The second-order valence-corrected chi connectivity index (χ2v) is 3.69. The summed E-state index contributed by atoms with van der Waals surface area (Å²) in [6.07, 6.45) is 0. The van der Waals surface area contributed by atoms with Gasteiger partial charge in [-0.05, 0) is 12.1 Å². The van der Waals surface area contributed by atoms with Crippen LogP contribution in [0.3, 0.4) is 0 Å². The molecule has 0 unspecified atom stereocenters. The van der Waals surface area contributed by atoms with Crippen molar-refractivity contribution in [3.8, 4) is 5.75 Å². The van der Waals surface area contributed by atoms with Gasteiger partial charge in [0.2, 0.25) is 0 Å². The number of hydrogen-bond donors (Lipinski definition) is 2. The number of aromatic carboxylic acids is 1. The summed E-state index contributed by atoms with van der Waals surface area (Å²) in [6, 6.07) is 6.88. The lowest BCUT2D eigenvalue weighted by molar-refractivity contribution is 0.0691. The molecule has 0 saturated carbocycles. The zero-order valence-electron chi connectivity index (χ0n) is 8.98. The molecular weight excluding hydrogens is 222 g/mol. The molecule has 2 heterocycles. The minimum Gasteiger partial charge on any atom is -0.497 e. The quantitative estimate of drug-likeness (QED) is 0.710. The SMILES string of the molecule is COc1ccc2c(c1)oc1cc(C(=O)O)[nH]c12. The zero-order chi connectivity index (χ0) is 12.0. The lowest BCUT2D eigenvalue weighted by atomic mass is 10.2. The van der Waals surface area contributed by atoms with Crippen molar-refractivity contribution in [2.24, 2.45) is 0 Å². The molecule has 0 aliphatic rings. The van der Waals surface area contributed by atoms with E-state index in [4.69, 9.17) is 14.3 Å². The molecule has 1 aromatic carbocycles. The van der Waals surface area contributed by atoms with E-state index in [0.29, 0.717) is 22.4 Å². The van der Waals surface area contributed by atoms with Crippen LogP contribution in [0.25, 0.3) is 22.1 Å². The number of ether oxygens (including phenoxy) is 1. The number of rotatable bonds is 2. The standard InChI is InChI=1S/C12H9NO4/c1-16-6-2-3-7-9(4-6)17-10-5-8(12(14)15)13-11(7)10/h2-5,13H,1H3,(H,14,15). The van der Waals surface area contributed by atoms with Crippen molar-refractivity contribution in [1.29, 1.82) is 0 Å². The Bertz CT molecular complexity index is 723. The van der Waals surface area contributed by atoms with Gasteiger partial charge in [0, 0.05) is 17.5 Å². The fourth-order valence-electron chi connectivity index (χ4n) is 1.87. The first-order valence-corrected chi connectivity index (χ1v) is 5.01. The normalized spacial score (nSPS) is 11.1. The number of aromatic amines is 1. The second-order valence-electron chi connectivity index (χ2n) is 3.69. The van der Waals surface area contributed by atoms with Gasteiger partial charge in [0.1, 0.15) is 17.0 Å². The molecule has 0 radical (unpaired) electrons. The van der Waals surface area contributed by atoms with Crippen molar-refractivity contribution in [1.82, 2.24) is 4.98 Å². The monoisotopic (exact) mass is 231 g/mol. The number of carbonyl (C=O) groups is 1. The van der Waals surface area contributed by atoms with Crippen molar-refractivity contribution in [2.45, 2.75) is 0 Å². The lowest BCUT2D eigenvalue weighted by Crippen LogP contribution is -1.94. The Balaban J connectivity index is 2.30. The highest BCUT2D eigenvalue weighted by atomic mass is 16.5. The molecular formula is C12H9NO4. The predicted octanol–water partition coefficient (Wildman–Crippen LogP) is 2.62. The number of hydrogen-bond acceptors (Lipinski definition) is 3. The largest absolute Gasteiger partial charge is 0.497 e. The van der Waals surface area contributed by atoms with Gasteiger partial charge in [-0.3, -0.25) is 0 Å². The van der Waals surface area contributed by atoms with E-state index in [2.05, 4.69) is 4.98 Å². The Morgan fingerprint density at radius 2 is 2.18 bits per heavy atom. The van der Waals surface area contributed by atoms with Crippen LogP contribution in [0.2, 0.25) is 0 Å². The highest BCUT2D eigenvalue weighted by molar-refractivity contribution is 6.05. The van der Waals surface area contributed by atoms with Gasteiger partial charge in [-0.15, -0.1) is 0 Å². The number of fused-ring (bicyclic) bond motifs is 3. The molecule has 3 aromatic rings. The summed E-state index contributed by atoms with van der Waals surface area (Å²) in [5.74, 6) is -0.301. The molecule has 2 N–H and O–H groups in total. The molecule has 0 bridgehead atoms. The minimum absolute atomic E-state index is 0.122. The predicted molar refractivity (Wildman–Crippen MR) is 61.6 cm³/mol. The number of carboxylic acids is 1. The average molecular weight is 231 g/mol. The summed E-state index contributed by atoms with van der Waals surface area (Å²) in [7, 11) is 1.58. The fraction of sp³-hybridized carbons (Fsp3) is 0.0833. The number of benzene rings is 1. The van der Waals surface area contributed by atoms with Crippen LogP contribution in [0.15, 0.2) is 28.7 Å². The van der Waals surface area contributed by atoms with Crippen molar-refractivity contribution < 1.29 is 19.1 Å².